The third kappa shape index (κ3) is 5.60. The number of carboxylic acids is 1. The number of carbonyl (C=O) groups excluding carboxylic acids is 1. The molecule has 3 N–H and O–H groups in total. The van der Waals surface area contributed by atoms with E-state index >= 15 is 0 Å². The van der Waals surface area contributed by atoms with Crippen molar-refractivity contribution in [1.29, 1.82) is 0 Å². The number of aryl methyl sites for hydroxylation is 1. The molecule has 6 nitrogen and oxygen atoms in total. The highest BCUT2D eigenvalue weighted by Gasteiger charge is 2.18. The summed E-state index contributed by atoms with van der Waals surface area (Å²) in [6, 6.07) is 2.15. The second-order valence-electron chi connectivity index (χ2n) is 4.55. The quantitative estimate of drug-likeness (QED) is 0.634. The molecule has 0 saturated carbocycles. The summed E-state index contributed by atoms with van der Waals surface area (Å²) >= 11 is 0. The van der Waals surface area contributed by atoms with Gasteiger partial charge in [-0.15, -0.1) is 6.58 Å². The number of furan rings is 1. The normalized spacial score (nSPS) is 13.2. The van der Waals surface area contributed by atoms with Crippen LogP contribution in [0.5, 0.6) is 0 Å². The van der Waals surface area contributed by atoms with Gasteiger partial charge in [0.2, 0.25) is 0 Å². The van der Waals surface area contributed by atoms with E-state index in [0.29, 0.717) is 12.8 Å². The van der Waals surface area contributed by atoms with Gasteiger partial charge >= 0.3 is 12.0 Å². The Hall–Kier alpha value is -2.24. The summed E-state index contributed by atoms with van der Waals surface area (Å²) in [4.78, 5) is 22.6. The van der Waals surface area contributed by atoms with Crippen molar-refractivity contribution in [2.75, 3.05) is 0 Å². The minimum absolute atomic E-state index is 0.0849. The lowest BCUT2D eigenvalue weighted by Gasteiger charge is -2.17. The van der Waals surface area contributed by atoms with Crippen molar-refractivity contribution < 1.29 is 19.1 Å². The van der Waals surface area contributed by atoms with Crippen LogP contribution in [0.2, 0.25) is 0 Å². The Kier molecular flexibility index (Phi) is 6.36. The van der Waals surface area contributed by atoms with Crippen molar-refractivity contribution in [1.82, 2.24) is 10.6 Å². The van der Waals surface area contributed by atoms with Crippen molar-refractivity contribution >= 4 is 12.0 Å². The van der Waals surface area contributed by atoms with Crippen LogP contribution in [0.25, 0.3) is 0 Å². The van der Waals surface area contributed by atoms with E-state index in [2.05, 4.69) is 17.2 Å². The summed E-state index contributed by atoms with van der Waals surface area (Å²) in [5.41, 5.74) is 0. The molecule has 2 amide bonds. The van der Waals surface area contributed by atoms with Gasteiger partial charge in [0.05, 0.1) is 6.26 Å². The second kappa shape index (κ2) is 8.04. The van der Waals surface area contributed by atoms with Crippen LogP contribution < -0.4 is 10.6 Å². The molecule has 0 aliphatic carbocycles. The molecule has 2 unspecified atom stereocenters. The number of hydrogen-bond acceptors (Lipinski definition) is 3. The molecule has 0 aromatic carbocycles. The number of carboxylic acid groups (broad SMARTS) is 1. The molecule has 0 fully saturated rings. The highest BCUT2D eigenvalue weighted by Crippen LogP contribution is 2.05. The average molecular weight is 280 g/mol. The number of rotatable bonds is 8. The molecule has 0 saturated heterocycles. The van der Waals surface area contributed by atoms with Gasteiger partial charge in [-0.25, -0.2) is 9.59 Å². The maximum atomic E-state index is 11.7. The van der Waals surface area contributed by atoms with E-state index < -0.39 is 18.0 Å². The fourth-order valence-corrected chi connectivity index (χ4v) is 1.70. The molecule has 20 heavy (non-hydrogen) atoms. The maximum absolute atomic E-state index is 11.7. The van der Waals surface area contributed by atoms with Crippen molar-refractivity contribution in [3.63, 3.8) is 0 Å². The molecule has 1 heterocycles. The number of nitrogens with one attached hydrogen (secondary N) is 2. The van der Waals surface area contributed by atoms with Crippen LogP contribution in [0, 0.1) is 0 Å². The molecular formula is C14H20N2O4. The predicted molar refractivity (Wildman–Crippen MR) is 74.4 cm³/mol. The Morgan fingerprint density at radius 1 is 1.50 bits per heavy atom. The van der Waals surface area contributed by atoms with Gasteiger partial charge in [0, 0.05) is 12.5 Å². The van der Waals surface area contributed by atoms with Gasteiger partial charge < -0.3 is 20.2 Å². The minimum atomic E-state index is -1.08. The third-order valence-corrected chi connectivity index (χ3v) is 2.79. The number of hydrogen-bond donors (Lipinski definition) is 3. The molecule has 110 valence electrons. The molecule has 1 rings (SSSR count). The summed E-state index contributed by atoms with van der Waals surface area (Å²) < 4.78 is 5.20. The van der Waals surface area contributed by atoms with Crippen LogP contribution in [0.4, 0.5) is 4.79 Å². The van der Waals surface area contributed by atoms with Crippen LogP contribution in [-0.2, 0) is 11.2 Å². The number of carbonyl (C=O) groups is 2. The van der Waals surface area contributed by atoms with Crippen LogP contribution in [-0.4, -0.2) is 29.2 Å². The summed E-state index contributed by atoms with van der Waals surface area (Å²) in [7, 11) is 0. The van der Waals surface area contributed by atoms with E-state index in [1.807, 2.05) is 19.1 Å². The van der Waals surface area contributed by atoms with Crippen molar-refractivity contribution in [2.45, 2.75) is 38.3 Å². The first kappa shape index (κ1) is 15.8. The summed E-state index contributed by atoms with van der Waals surface area (Å²) in [5.74, 6) is -0.225. The topological polar surface area (TPSA) is 91.6 Å². The van der Waals surface area contributed by atoms with Crippen LogP contribution in [0.3, 0.4) is 0 Å². The summed E-state index contributed by atoms with van der Waals surface area (Å²) in [6.07, 6.45) is 4.67. The Labute approximate surface area is 117 Å². The first-order valence-electron chi connectivity index (χ1n) is 6.46. The molecule has 0 aliphatic rings. The van der Waals surface area contributed by atoms with E-state index in [4.69, 9.17) is 9.52 Å². The molecule has 2 atom stereocenters. The van der Waals surface area contributed by atoms with Gasteiger partial charge in [0.15, 0.2) is 0 Å². The van der Waals surface area contributed by atoms with E-state index in [1.54, 1.807) is 6.26 Å². The molecule has 0 bridgehead atoms. The fourth-order valence-electron chi connectivity index (χ4n) is 1.70. The molecule has 0 radical (unpaired) electrons. The van der Waals surface area contributed by atoms with E-state index in [9.17, 15) is 9.59 Å². The molecule has 1 aromatic rings. The van der Waals surface area contributed by atoms with Gasteiger partial charge in [-0.2, -0.15) is 0 Å². The minimum Gasteiger partial charge on any atom is -0.480 e. The van der Waals surface area contributed by atoms with Crippen LogP contribution in [0.1, 0.15) is 25.5 Å². The third-order valence-electron chi connectivity index (χ3n) is 2.79. The lowest BCUT2D eigenvalue weighted by Crippen LogP contribution is -2.48. The zero-order valence-corrected chi connectivity index (χ0v) is 11.5. The average Bonchev–Trinajstić information content (AvgIpc) is 2.88. The van der Waals surface area contributed by atoms with Crippen molar-refractivity contribution in [3.8, 4) is 0 Å². The summed E-state index contributed by atoms with van der Waals surface area (Å²) in [6.45, 7) is 5.32. The van der Waals surface area contributed by atoms with E-state index in [0.717, 1.165) is 5.76 Å². The van der Waals surface area contributed by atoms with Crippen LogP contribution >= 0.6 is 0 Å². The SMILES string of the molecule is C=CCC(NC(=O)NC(C)CCc1ccco1)C(=O)O. The largest absolute Gasteiger partial charge is 0.480 e. The first-order chi connectivity index (χ1) is 9.52. The fraction of sp³-hybridized carbons (Fsp3) is 0.429. The maximum Gasteiger partial charge on any atom is 0.326 e. The molecule has 0 aliphatic heterocycles. The van der Waals surface area contributed by atoms with Gasteiger partial charge in [-0.05, 0) is 31.9 Å². The standard InChI is InChI=1S/C14H20N2O4/c1-3-5-12(13(17)18)16-14(19)15-10(2)7-8-11-6-4-9-20-11/h3-4,6,9-10,12H,1,5,7-8H2,2H3,(H,17,18)(H2,15,16,19). The summed E-state index contributed by atoms with van der Waals surface area (Å²) in [5, 5.41) is 14.0. The molecular weight excluding hydrogens is 260 g/mol. The smallest absolute Gasteiger partial charge is 0.326 e. The van der Waals surface area contributed by atoms with Gasteiger partial charge in [0.25, 0.3) is 0 Å². The zero-order chi connectivity index (χ0) is 15.0. The Morgan fingerprint density at radius 2 is 2.25 bits per heavy atom. The number of urea groups is 1. The molecule has 1 aromatic heterocycles. The van der Waals surface area contributed by atoms with E-state index in [1.165, 1.54) is 6.08 Å². The highest BCUT2D eigenvalue weighted by molar-refractivity contribution is 5.82. The van der Waals surface area contributed by atoms with Gasteiger partial charge in [0.1, 0.15) is 11.8 Å². The van der Waals surface area contributed by atoms with Gasteiger partial charge in [-0.3, -0.25) is 0 Å². The Balaban J connectivity index is 2.32. The second-order valence-corrected chi connectivity index (χ2v) is 4.55. The van der Waals surface area contributed by atoms with Gasteiger partial charge in [-0.1, -0.05) is 6.08 Å². The first-order valence-corrected chi connectivity index (χ1v) is 6.46. The monoisotopic (exact) mass is 280 g/mol. The number of aliphatic carboxylic acids is 1. The zero-order valence-electron chi connectivity index (χ0n) is 11.5. The Bertz CT molecular complexity index is 442. The lowest BCUT2D eigenvalue weighted by molar-refractivity contribution is -0.139. The van der Waals surface area contributed by atoms with E-state index in [-0.39, 0.29) is 12.5 Å². The predicted octanol–water partition coefficient (Wildman–Crippen LogP) is 1.93. The highest BCUT2D eigenvalue weighted by atomic mass is 16.4. The lowest BCUT2D eigenvalue weighted by atomic mass is 10.1. The van der Waals surface area contributed by atoms with Crippen LogP contribution in [0.15, 0.2) is 35.5 Å². The van der Waals surface area contributed by atoms with Crippen molar-refractivity contribution in [2.24, 2.45) is 0 Å². The number of amides is 2. The molecule has 6 heteroatoms. The van der Waals surface area contributed by atoms with Crippen molar-refractivity contribution in [3.05, 3.63) is 36.8 Å². The molecule has 0 spiro atoms. The Morgan fingerprint density at radius 3 is 2.80 bits per heavy atom.